The van der Waals surface area contributed by atoms with Crippen molar-refractivity contribution in [3.05, 3.63) is 0 Å². The molecule has 7 nitrogen and oxygen atoms in total. The fourth-order valence-corrected chi connectivity index (χ4v) is 4.20. The average molecular weight is 318 g/mol. The lowest BCUT2D eigenvalue weighted by Gasteiger charge is -2.35. The van der Waals surface area contributed by atoms with Gasteiger partial charge in [0, 0.05) is 19.6 Å². The number of hydrogen-bond acceptors (Lipinski definition) is 4. The molecule has 0 bridgehead atoms. The first-order valence-corrected chi connectivity index (χ1v) is 8.99. The normalized spacial score (nSPS) is 31.3. The summed E-state index contributed by atoms with van der Waals surface area (Å²) in [6, 6.07) is -0.676. The molecule has 21 heavy (non-hydrogen) atoms. The van der Waals surface area contributed by atoms with Crippen molar-refractivity contribution in [3.8, 4) is 0 Å². The Morgan fingerprint density at radius 3 is 2.43 bits per heavy atom. The van der Waals surface area contributed by atoms with Crippen LogP contribution >= 0.6 is 0 Å². The van der Waals surface area contributed by atoms with Gasteiger partial charge in [-0.3, -0.25) is 9.59 Å². The number of carboxylic acid groups (broad SMARTS) is 1. The number of aliphatic carboxylic acids is 1. The van der Waals surface area contributed by atoms with Crippen LogP contribution in [0, 0.1) is 5.41 Å². The molecule has 1 amide bonds. The van der Waals surface area contributed by atoms with Crippen LogP contribution in [-0.2, 0) is 19.6 Å². The Balaban J connectivity index is 2.14. The number of piperidine rings is 1. The smallest absolute Gasteiger partial charge is 0.311 e. The van der Waals surface area contributed by atoms with Gasteiger partial charge in [0.15, 0.2) is 0 Å². The van der Waals surface area contributed by atoms with Gasteiger partial charge in [0.25, 0.3) is 0 Å². The molecule has 0 aromatic heterocycles. The Morgan fingerprint density at radius 2 is 1.90 bits per heavy atom. The zero-order valence-electron chi connectivity index (χ0n) is 12.4. The first kappa shape index (κ1) is 16.2. The van der Waals surface area contributed by atoms with E-state index in [1.165, 1.54) is 9.21 Å². The minimum absolute atomic E-state index is 0.148. The Hall–Kier alpha value is -1.15. The van der Waals surface area contributed by atoms with Crippen LogP contribution in [0.1, 0.15) is 32.6 Å². The van der Waals surface area contributed by atoms with Crippen molar-refractivity contribution < 1.29 is 23.1 Å². The molecule has 2 aliphatic rings. The molecule has 1 N–H and O–H groups in total. The lowest BCUT2D eigenvalue weighted by atomic mass is 9.90. The van der Waals surface area contributed by atoms with Crippen LogP contribution in [0.3, 0.4) is 0 Å². The van der Waals surface area contributed by atoms with Crippen molar-refractivity contribution in [2.75, 3.05) is 25.9 Å². The van der Waals surface area contributed by atoms with Crippen LogP contribution in [0.4, 0.5) is 0 Å². The highest BCUT2D eigenvalue weighted by atomic mass is 32.2. The summed E-state index contributed by atoms with van der Waals surface area (Å²) in [6.07, 6.45) is 3.59. The number of carbonyl (C=O) groups is 2. The van der Waals surface area contributed by atoms with E-state index < -0.39 is 27.4 Å². The molecule has 0 radical (unpaired) electrons. The van der Waals surface area contributed by atoms with Gasteiger partial charge in [-0.05, 0) is 26.2 Å². The fourth-order valence-electron chi connectivity index (χ4n) is 3.08. The maximum Gasteiger partial charge on any atom is 0.311 e. The van der Waals surface area contributed by atoms with Gasteiger partial charge in [-0.15, -0.1) is 0 Å². The van der Waals surface area contributed by atoms with E-state index in [0.717, 1.165) is 19.1 Å². The minimum Gasteiger partial charge on any atom is -0.481 e. The van der Waals surface area contributed by atoms with E-state index in [4.69, 9.17) is 0 Å². The molecule has 0 spiro atoms. The maximum atomic E-state index is 12.6. The summed E-state index contributed by atoms with van der Waals surface area (Å²) in [5.74, 6) is -1.17. The van der Waals surface area contributed by atoms with Crippen molar-refractivity contribution in [3.63, 3.8) is 0 Å². The molecular weight excluding hydrogens is 296 g/mol. The molecule has 2 atom stereocenters. The highest BCUT2D eigenvalue weighted by Gasteiger charge is 2.45. The van der Waals surface area contributed by atoms with Crippen LogP contribution in [-0.4, -0.2) is 66.5 Å². The van der Waals surface area contributed by atoms with E-state index in [1.807, 2.05) is 0 Å². The number of amides is 1. The third-order valence-corrected chi connectivity index (χ3v) is 5.76. The number of likely N-dealkylation sites (tertiary alicyclic amines) is 1. The highest BCUT2D eigenvalue weighted by molar-refractivity contribution is 7.88. The zero-order chi connectivity index (χ0) is 15.8. The van der Waals surface area contributed by atoms with Gasteiger partial charge >= 0.3 is 5.97 Å². The van der Waals surface area contributed by atoms with Crippen LogP contribution < -0.4 is 0 Å². The van der Waals surface area contributed by atoms with Crippen molar-refractivity contribution in [2.45, 2.75) is 38.6 Å². The van der Waals surface area contributed by atoms with Crippen LogP contribution in [0.5, 0.6) is 0 Å². The van der Waals surface area contributed by atoms with Gasteiger partial charge in [0.1, 0.15) is 6.04 Å². The molecule has 2 fully saturated rings. The number of nitrogens with zero attached hydrogens (tertiary/aromatic N) is 2. The van der Waals surface area contributed by atoms with E-state index in [1.54, 1.807) is 6.92 Å². The van der Waals surface area contributed by atoms with Gasteiger partial charge < -0.3 is 10.0 Å². The zero-order valence-corrected chi connectivity index (χ0v) is 13.2. The number of sulfonamides is 1. The van der Waals surface area contributed by atoms with E-state index in [0.29, 0.717) is 25.9 Å². The summed E-state index contributed by atoms with van der Waals surface area (Å²) in [5.41, 5.74) is -0.930. The molecule has 2 saturated heterocycles. The second-order valence-electron chi connectivity index (χ2n) is 6.26. The van der Waals surface area contributed by atoms with Crippen LogP contribution in [0.2, 0.25) is 0 Å². The van der Waals surface area contributed by atoms with Gasteiger partial charge in [0.05, 0.1) is 11.7 Å². The third-order valence-electron chi connectivity index (χ3n) is 4.47. The van der Waals surface area contributed by atoms with Crippen LogP contribution in [0.15, 0.2) is 0 Å². The van der Waals surface area contributed by atoms with E-state index >= 15 is 0 Å². The summed E-state index contributed by atoms with van der Waals surface area (Å²) < 4.78 is 24.9. The molecule has 0 aromatic carbocycles. The molecule has 0 saturated carbocycles. The minimum atomic E-state index is -3.43. The highest BCUT2D eigenvalue weighted by Crippen LogP contribution is 2.32. The standard InChI is InChI=1S/C13H22N2O5S/c1-13(12(17)18)6-8-14(9-13)11(16)10-5-3-4-7-15(10)21(2,19)20/h10H,3-9H2,1-2H3,(H,17,18). The Morgan fingerprint density at radius 1 is 1.24 bits per heavy atom. The van der Waals surface area contributed by atoms with E-state index in [2.05, 4.69) is 0 Å². The van der Waals surface area contributed by atoms with Gasteiger partial charge in [0.2, 0.25) is 15.9 Å². The predicted molar refractivity (Wildman–Crippen MR) is 76.1 cm³/mol. The van der Waals surface area contributed by atoms with E-state index in [-0.39, 0.29) is 12.5 Å². The number of carboxylic acids is 1. The number of carbonyl (C=O) groups excluding carboxylic acids is 1. The Bertz CT molecular complexity index is 547. The first-order valence-electron chi connectivity index (χ1n) is 7.14. The third kappa shape index (κ3) is 3.21. The largest absolute Gasteiger partial charge is 0.481 e. The monoisotopic (exact) mass is 318 g/mol. The summed E-state index contributed by atoms with van der Waals surface area (Å²) in [5, 5.41) is 9.22. The number of hydrogen-bond donors (Lipinski definition) is 1. The lowest BCUT2D eigenvalue weighted by Crippen LogP contribution is -2.52. The van der Waals surface area contributed by atoms with Crippen molar-refractivity contribution in [2.24, 2.45) is 5.41 Å². The summed E-state index contributed by atoms with van der Waals surface area (Å²) in [6.45, 7) is 2.50. The SMILES string of the molecule is CC1(C(=O)O)CCN(C(=O)C2CCCCN2S(C)(=O)=O)C1. The second kappa shape index (κ2) is 5.57. The quantitative estimate of drug-likeness (QED) is 0.798. The molecule has 8 heteroatoms. The van der Waals surface area contributed by atoms with E-state index in [9.17, 15) is 23.1 Å². The maximum absolute atomic E-state index is 12.6. The molecule has 0 aliphatic carbocycles. The predicted octanol–water partition coefficient (Wildman–Crippen LogP) is 0.124. The van der Waals surface area contributed by atoms with Gasteiger partial charge in [-0.1, -0.05) is 6.42 Å². The Kier molecular flexibility index (Phi) is 4.30. The molecule has 0 aromatic rings. The molecular formula is C13H22N2O5S. The Labute approximate surface area is 125 Å². The van der Waals surface area contributed by atoms with Crippen LogP contribution in [0.25, 0.3) is 0 Å². The average Bonchev–Trinajstić information content (AvgIpc) is 2.81. The topological polar surface area (TPSA) is 95.0 Å². The molecule has 2 aliphatic heterocycles. The molecule has 120 valence electrons. The first-order chi connectivity index (χ1) is 9.65. The molecule has 2 rings (SSSR count). The summed E-state index contributed by atoms with van der Waals surface area (Å²) in [7, 11) is -3.43. The molecule has 2 heterocycles. The lowest BCUT2D eigenvalue weighted by molar-refractivity contribution is -0.147. The number of rotatable bonds is 3. The fraction of sp³-hybridized carbons (Fsp3) is 0.846. The summed E-state index contributed by atoms with van der Waals surface area (Å²) in [4.78, 5) is 25.3. The van der Waals surface area contributed by atoms with Gasteiger partial charge in [-0.2, -0.15) is 4.31 Å². The van der Waals surface area contributed by atoms with Crippen molar-refractivity contribution in [1.82, 2.24) is 9.21 Å². The van der Waals surface area contributed by atoms with Crippen molar-refractivity contribution in [1.29, 1.82) is 0 Å². The molecule has 2 unspecified atom stereocenters. The second-order valence-corrected chi connectivity index (χ2v) is 8.20. The van der Waals surface area contributed by atoms with Crippen molar-refractivity contribution >= 4 is 21.9 Å². The van der Waals surface area contributed by atoms with Gasteiger partial charge in [-0.25, -0.2) is 8.42 Å². The summed E-state index contributed by atoms with van der Waals surface area (Å²) >= 11 is 0.